The molecule has 3 amide bonds. The molecule has 2 heterocycles. The lowest BCUT2D eigenvalue weighted by atomic mass is 9.70. The lowest BCUT2D eigenvalue weighted by Gasteiger charge is -2.39. The molecule has 1 aromatic heterocycles. The van der Waals surface area contributed by atoms with Gasteiger partial charge in [-0.2, -0.15) is 0 Å². The van der Waals surface area contributed by atoms with E-state index in [1.54, 1.807) is 12.1 Å². The normalized spacial score (nSPS) is 18.8. The van der Waals surface area contributed by atoms with Crippen LogP contribution in [0.4, 0.5) is 0 Å². The first kappa shape index (κ1) is 32.2. The first-order valence-corrected chi connectivity index (χ1v) is 13.5. The van der Waals surface area contributed by atoms with E-state index in [-0.39, 0.29) is 18.0 Å². The molecule has 1 aliphatic rings. The Morgan fingerprint density at radius 1 is 1.05 bits per heavy atom. The van der Waals surface area contributed by atoms with Gasteiger partial charge in [-0.05, 0) is 31.4 Å². The molecule has 0 aliphatic carbocycles. The molecule has 1 fully saturated rings. The van der Waals surface area contributed by atoms with Crippen molar-refractivity contribution in [2.24, 2.45) is 5.92 Å². The standard InChI is InChI=1S/C28H35BN4O9/c1-16(2)13-21(29-41-23(37)15-28(42-29,14-22(35)36)27(40)30-4)32-26(39)24(17(3)34)33-25(38)20-12-8-11-19(31-20)18-9-6-5-7-10-18/h5-12,16-17,21,24,34H,13-15H2,1-4H3,(H,30,40)(H,32,39)(H,33,38)(H,35,36)/t17?,21?,24?,28-/m1/s1. The van der Waals surface area contributed by atoms with Crippen LogP contribution in [-0.2, 0) is 28.5 Å². The van der Waals surface area contributed by atoms with Crippen LogP contribution < -0.4 is 16.0 Å². The molecule has 42 heavy (non-hydrogen) atoms. The number of nitrogens with zero attached hydrogens (tertiary/aromatic N) is 1. The minimum atomic E-state index is -2.06. The first-order valence-electron chi connectivity index (χ1n) is 13.5. The van der Waals surface area contributed by atoms with Crippen LogP contribution >= 0.6 is 0 Å². The third-order valence-corrected chi connectivity index (χ3v) is 6.58. The zero-order valence-electron chi connectivity index (χ0n) is 23.8. The molecule has 3 rings (SSSR count). The highest BCUT2D eigenvalue weighted by Crippen LogP contribution is 2.30. The summed E-state index contributed by atoms with van der Waals surface area (Å²) in [7, 11) is -0.249. The number of aromatic nitrogens is 1. The predicted octanol–water partition coefficient (Wildman–Crippen LogP) is 0.709. The first-order chi connectivity index (χ1) is 19.8. The number of pyridine rings is 1. The zero-order chi connectivity index (χ0) is 31.0. The molecule has 14 heteroatoms. The minimum absolute atomic E-state index is 0.0158. The van der Waals surface area contributed by atoms with Crippen molar-refractivity contribution in [3.63, 3.8) is 0 Å². The Morgan fingerprint density at radius 3 is 2.33 bits per heavy atom. The van der Waals surface area contributed by atoms with E-state index in [0.717, 1.165) is 5.56 Å². The van der Waals surface area contributed by atoms with E-state index in [0.29, 0.717) is 5.69 Å². The van der Waals surface area contributed by atoms with Crippen LogP contribution in [-0.4, -0.2) is 82.7 Å². The fourth-order valence-corrected chi connectivity index (χ4v) is 4.62. The van der Waals surface area contributed by atoms with Gasteiger partial charge in [0, 0.05) is 12.6 Å². The van der Waals surface area contributed by atoms with Crippen LogP contribution in [0, 0.1) is 5.92 Å². The van der Waals surface area contributed by atoms with Crippen molar-refractivity contribution in [1.82, 2.24) is 20.9 Å². The second-order valence-corrected chi connectivity index (χ2v) is 10.5. The molecule has 0 radical (unpaired) electrons. The molecule has 5 N–H and O–H groups in total. The Balaban J connectivity index is 1.83. The molecule has 0 saturated carbocycles. The number of nitrogens with one attached hydrogen (secondary N) is 3. The molecule has 0 bridgehead atoms. The topological polar surface area (TPSA) is 193 Å². The lowest BCUT2D eigenvalue weighted by Crippen LogP contribution is -2.64. The number of carboxylic acids is 1. The van der Waals surface area contributed by atoms with E-state index < -0.39 is 73.3 Å². The van der Waals surface area contributed by atoms with Gasteiger partial charge < -0.3 is 35.5 Å². The Kier molecular flexibility index (Phi) is 10.8. The zero-order valence-corrected chi connectivity index (χ0v) is 23.8. The summed E-state index contributed by atoms with van der Waals surface area (Å²) in [6.07, 6.45) is -2.62. The number of hydrogen-bond acceptors (Lipinski definition) is 9. The van der Waals surface area contributed by atoms with Gasteiger partial charge in [0.15, 0.2) is 5.60 Å². The Hall–Kier alpha value is -4.30. The maximum absolute atomic E-state index is 13.4. The molecular weight excluding hydrogens is 547 g/mol. The van der Waals surface area contributed by atoms with Crippen molar-refractivity contribution < 1.29 is 43.5 Å². The molecule has 2 aromatic rings. The van der Waals surface area contributed by atoms with Gasteiger partial charge in [-0.15, -0.1) is 0 Å². The van der Waals surface area contributed by atoms with Crippen molar-refractivity contribution in [3.8, 4) is 11.3 Å². The predicted molar refractivity (Wildman–Crippen MR) is 151 cm³/mol. The molecular formula is C28H35BN4O9. The van der Waals surface area contributed by atoms with Crippen molar-refractivity contribution in [2.45, 2.75) is 63.7 Å². The summed E-state index contributed by atoms with van der Waals surface area (Å²) < 4.78 is 11.1. The second-order valence-electron chi connectivity index (χ2n) is 10.5. The summed E-state index contributed by atoms with van der Waals surface area (Å²) in [5, 5.41) is 27.3. The van der Waals surface area contributed by atoms with Crippen LogP contribution in [0.25, 0.3) is 11.3 Å². The van der Waals surface area contributed by atoms with Gasteiger partial charge in [-0.25, -0.2) is 4.98 Å². The SMILES string of the molecule is CNC(=O)[C@@]1(CC(=O)O)CC(=O)OB(C(CC(C)C)NC(=O)C(NC(=O)c2cccc(-c3ccccc3)n2)C(C)O)O1. The summed E-state index contributed by atoms with van der Waals surface area (Å²) in [5.74, 6) is -5.77. The minimum Gasteiger partial charge on any atom is -0.508 e. The number of aliphatic hydroxyl groups excluding tert-OH is 1. The molecule has 1 aliphatic heterocycles. The number of rotatable bonds is 12. The van der Waals surface area contributed by atoms with Gasteiger partial charge in [0.1, 0.15) is 11.7 Å². The fourth-order valence-electron chi connectivity index (χ4n) is 4.62. The maximum Gasteiger partial charge on any atom is 0.552 e. The van der Waals surface area contributed by atoms with Gasteiger partial charge >= 0.3 is 13.1 Å². The molecule has 1 aromatic carbocycles. The number of hydrogen-bond donors (Lipinski definition) is 5. The van der Waals surface area contributed by atoms with Crippen LogP contribution in [0.3, 0.4) is 0 Å². The van der Waals surface area contributed by atoms with Crippen molar-refractivity contribution in [2.75, 3.05) is 7.05 Å². The summed E-state index contributed by atoms with van der Waals surface area (Å²) in [6, 6.07) is 12.6. The highest BCUT2D eigenvalue weighted by Gasteiger charge is 2.54. The highest BCUT2D eigenvalue weighted by atomic mass is 16.6. The molecule has 3 unspecified atom stereocenters. The number of benzene rings is 1. The van der Waals surface area contributed by atoms with Gasteiger partial charge in [0.25, 0.3) is 17.8 Å². The number of likely N-dealkylation sites (N-methyl/N-ethyl adjacent to an activating group) is 1. The molecule has 1 saturated heterocycles. The van der Waals surface area contributed by atoms with E-state index in [1.807, 2.05) is 44.2 Å². The second kappa shape index (κ2) is 14.1. The summed E-state index contributed by atoms with van der Waals surface area (Å²) in [4.78, 5) is 67.7. The average molecular weight is 582 g/mol. The smallest absolute Gasteiger partial charge is 0.508 e. The quantitative estimate of drug-likeness (QED) is 0.223. The van der Waals surface area contributed by atoms with Crippen molar-refractivity contribution >= 4 is 36.8 Å². The van der Waals surface area contributed by atoms with E-state index in [9.17, 15) is 34.2 Å². The Labute approximate surface area is 243 Å². The maximum atomic E-state index is 13.4. The Bertz CT molecular complexity index is 1300. The summed E-state index contributed by atoms with van der Waals surface area (Å²) in [5.41, 5.74) is -0.725. The van der Waals surface area contributed by atoms with Crippen molar-refractivity contribution in [1.29, 1.82) is 0 Å². The third-order valence-electron chi connectivity index (χ3n) is 6.58. The van der Waals surface area contributed by atoms with E-state index in [2.05, 4.69) is 20.9 Å². The summed E-state index contributed by atoms with van der Waals surface area (Å²) in [6.45, 7) is 4.97. The Morgan fingerprint density at radius 2 is 1.74 bits per heavy atom. The van der Waals surface area contributed by atoms with Gasteiger partial charge in [0.2, 0.25) is 5.91 Å². The number of aliphatic carboxylic acids is 1. The molecule has 4 atom stereocenters. The molecule has 0 spiro atoms. The fraction of sp³-hybridized carbons (Fsp3) is 0.429. The van der Waals surface area contributed by atoms with E-state index in [4.69, 9.17) is 9.31 Å². The third kappa shape index (κ3) is 8.14. The highest BCUT2D eigenvalue weighted by molar-refractivity contribution is 6.50. The van der Waals surface area contributed by atoms with Gasteiger partial charge in [-0.1, -0.05) is 50.2 Å². The largest absolute Gasteiger partial charge is 0.552 e. The van der Waals surface area contributed by atoms with Crippen LogP contribution in [0.2, 0.25) is 0 Å². The van der Waals surface area contributed by atoms with Crippen LogP contribution in [0.5, 0.6) is 0 Å². The average Bonchev–Trinajstić information content (AvgIpc) is 2.94. The monoisotopic (exact) mass is 582 g/mol. The number of carbonyl (C=O) groups is 5. The number of aliphatic hydroxyl groups is 1. The molecule has 13 nitrogen and oxygen atoms in total. The van der Waals surface area contributed by atoms with E-state index in [1.165, 1.54) is 20.0 Å². The molecule has 224 valence electrons. The van der Waals surface area contributed by atoms with Crippen LogP contribution in [0.1, 0.15) is 50.5 Å². The number of carboxylic acid groups (broad SMARTS) is 1. The summed E-state index contributed by atoms with van der Waals surface area (Å²) >= 11 is 0. The van der Waals surface area contributed by atoms with E-state index >= 15 is 0 Å². The van der Waals surface area contributed by atoms with Gasteiger partial charge in [0.05, 0.1) is 30.6 Å². The van der Waals surface area contributed by atoms with Crippen LogP contribution in [0.15, 0.2) is 48.5 Å². The lowest BCUT2D eigenvalue weighted by molar-refractivity contribution is -0.164. The van der Waals surface area contributed by atoms with Gasteiger partial charge in [-0.3, -0.25) is 24.0 Å². The number of amides is 3. The van der Waals surface area contributed by atoms with Crippen molar-refractivity contribution in [3.05, 3.63) is 54.2 Å². The number of carbonyl (C=O) groups excluding carboxylic acids is 4.